The Morgan fingerprint density at radius 1 is 0.365 bits per heavy atom. The van der Waals surface area contributed by atoms with E-state index in [1.807, 2.05) is 48.5 Å². The molecule has 0 amide bonds. The number of para-hydroxylation sites is 2. The maximum Gasteiger partial charge on any atom is 0.0998 e. The first-order chi connectivity index (χ1) is 25.6. The molecule has 0 unspecified atom stereocenters. The minimum atomic E-state index is 0.403. The number of rotatable bonds is 4. The molecule has 9 rings (SSSR count). The van der Waals surface area contributed by atoms with E-state index in [1.165, 1.54) is 0 Å². The van der Waals surface area contributed by atoms with Crippen LogP contribution in [0.5, 0.6) is 0 Å². The molecule has 52 heavy (non-hydrogen) atoms. The number of nitriles is 4. The molecule has 238 valence electrons. The molecule has 9 aromatic rings. The van der Waals surface area contributed by atoms with Crippen LogP contribution in [0.3, 0.4) is 0 Å². The van der Waals surface area contributed by atoms with E-state index < -0.39 is 0 Å². The van der Waals surface area contributed by atoms with Crippen molar-refractivity contribution < 1.29 is 0 Å². The lowest BCUT2D eigenvalue weighted by atomic mass is 9.90. The molecular weight excluding hydrogens is 637 g/mol. The van der Waals surface area contributed by atoms with Crippen molar-refractivity contribution in [3.05, 3.63) is 168 Å². The van der Waals surface area contributed by atoms with Gasteiger partial charge in [-0.1, -0.05) is 66.7 Å². The summed E-state index contributed by atoms with van der Waals surface area (Å²) < 4.78 is 4.50. The number of nitrogens with zero attached hydrogens (tertiary/aromatic N) is 6. The van der Waals surface area contributed by atoms with E-state index in [0.29, 0.717) is 33.4 Å². The fraction of sp³-hybridized carbons (Fsp3) is 0. The molecule has 0 bridgehead atoms. The topological polar surface area (TPSA) is 105 Å². The van der Waals surface area contributed by atoms with Gasteiger partial charge in [0.1, 0.15) is 0 Å². The molecule has 6 nitrogen and oxygen atoms in total. The first-order valence-corrected chi connectivity index (χ1v) is 16.7. The monoisotopic (exact) mass is 660 g/mol. The number of fused-ring (bicyclic) bond motifs is 6. The molecule has 0 aliphatic carbocycles. The van der Waals surface area contributed by atoms with Crippen molar-refractivity contribution in [2.45, 2.75) is 0 Å². The van der Waals surface area contributed by atoms with Crippen molar-refractivity contribution >= 4 is 43.6 Å². The van der Waals surface area contributed by atoms with Crippen LogP contribution in [0, 0.1) is 45.3 Å². The number of hydrogen-bond acceptors (Lipinski definition) is 4. The van der Waals surface area contributed by atoms with Crippen LogP contribution in [0.25, 0.3) is 77.2 Å². The fourth-order valence-corrected chi connectivity index (χ4v) is 7.75. The van der Waals surface area contributed by atoms with E-state index in [0.717, 1.165) is 66.1 Å². The van der Waals surface area contributed by atoms with Crippen molar-refractivity contribution in [3.8, 4) is 57.9 Å². The Morgan fingerprint density at radius 2 is 0.904 bits per heavy atom. The molecule has 0 spiro atoms. The molecule has 0 radical (unpaired) electrons. The Bertz CT molecular complexity index is 3050. The molecule has 0 fully saturated rings. The van der Waals surface area contributed by atoms with Crippen LogP contribution in [0.1, 0.15) is 22.3 Å². The van der Waals surface area contributed by atoms with Gasteiger partial charge >= 0.3 is 0 Å². The van der Waals surface area contributed by atoms with Crippen LogP contribution in [0.15, 0.2) is 146 Å². The number of benzene rings is 7. The fourth-order valence-electron chi connectivity index (χ4n) is 7.75. The smallest absolute Gasteiger partial charge is 0.0998 e. The summed E-state index contributed by atoms with van der Waals surface area (Å²) in [6.07, 6.45) is 0. The molecule has 0 saturated carbocycles. The van der Waals surface area contributed by atoms with Gasteiger partial charge in [0.05, 0.1) is 68.6 Å². The van der Waals surface area contributed by atoms with Crippen molar-refractivity contribution in [2.75, 3.05) is 0 Å². The van der Waals surface area contributed by atoms with Crippen LogP contribution in [-0.4, -0.2) is 9.13 Å². The zero-order valence-electron chi connectivity index (χ0n) is 27.5. The standard InChI is InChI=1S/C46H24N6/c47-25-30-9-6-10-31(26-48)44(30)29-19-21-42-39(23-29)46-37(45-32(27-49)11-7-12-33(45)28-50)16-8-18-43(46)52(42)35-20-22-41-38(24-35)36-15-4-5-17-40(36)51(41)34-13-2-1-3-14-34/h1-24H. The highest BCUT2D eigenvalue weighted by Crippen LogP contribution is 2.43. The summed E-state index contributed by atoms with van der Waals surface area (Å²) in [4.78, 5) is 0. The molecule has 6 heteroatoms. The highest BCUT2D eigenvalue weighted by atomic mass is 15.0. The van der Waals surface area contributed by atoms with Gasteiger partial charge in [0.2, 0.25) is 0 Å². The maximum atomic E-state index is 10.2. The van der Waals surface area contributed by atoms with Crippen LogP contribution in [0.4, 0.5) is 0 Å². The lowest BCUT2D eigenvalue weighted by Gasteiger charge is -2.11. The molecule has 0 aliphatic heterocycles. The van der Waals surface area contributed by atoms with Crippen molar-refractivity contribution in [1.29, 1.82) is 21.0 Å². The van der Waals surface area contributed by atoms with E-state index in [-0.39, 0.29) is 0 Å². The number of aromatic nitrogens is 2. The minimum absolute atomic E-state index is 0.403. The third kappa shape index (κ3) is 4.40. The SMILES string of the molecule is N#Cc1cccc(C#N)c1-c1ccc2c(c1)c1c(-c3c(C#N)cccc3C#N)cccc1n2-c1ccc2c(c1)c1ccccc1n2-c1ccccc1. The Balaban J connectivity index is 1.40. The zero-order valence-corrected chi connectivity index (χ0v) is 27.5. The summed E-state index contributed by atoms with van der Waals surface area (Å²) in [5.41, 5.74) is 10.2. The van der Waals surface area contributed by atoms with E-state index in [4.69, 9.17) is 0 Å². The summed E-state index contributed by atoms with van der Waals surface area (Å²) in [6, 6.07) is 56.8. The third-order valence-corrected chi connectivity index (χ3v) is 9.89. The van der Waals surface area contributed by atoms with Gasteiger partial charge in [-0.25, -0.2) is 0 Å². The molecule has 0 aliphatic rings. The Morgan fingerprint density at radius 3 is 1.60 bits per heavy atom. The molecule has 2 aromatic heterocycles. The minimum Gasteiger partial charge on any atom is -0.309 e. The van der Waals surface area contributed by atoms with Gasteiger partial charge in [0, 0.05) is 44.0 Å². The maximum absolute atomic E-state index is 10.2. The molecule has 7 aromatic carbocycles. The summed E-state index contributed by atoms with van der Waals surface area (Å²) in [5, 5.41) is 44.5. The van der Waals surface area contributed by atoms with Gasteiger partial charge in [-0.05, 0) is 90.0 Å². The highest BCUT2D eigenvalue weighted by molar-refractivity contribution is 6.18. The van der Waals surface area contributed by atoms with Crippen LogP contribution in [0.2, 0.25) is 0 Å². The summed E-state index contributed by atoms with van der Waals surface area (Å²) in [6.45, 7) is 0. The first-order valence-electron chi connectivity index (χ1n) is 16.7. The lowest BCUT2D eigenvalue weighted by Crippen LogP contribution is -1.96. The van der Waals surface area contributed by atoms with E-state index >= 15 is 0 Å². The zero-order chi connectivity index (χ0) is 35.3. The van der Waals surface area contributed by atoms with Crippen molar-refractivity contribution in [3.63, 3.8) is 0 Å². The second-order valence-electron chi connectivity index (χ2n) is 12.6. The van der Waals surface area contributed by atoms with E-state index in [2.05, 4.69) is 94.1 Å². The lowest BCUT2D eigenvalue weighted by molar-refractivity contribution is 1.17. The number of hydrogen-bond donors (Lipinski definition) is 0. The molecule has 0 atom stereocenters. The van der Waals surface area contributed by atoms with Crippen molar-refractivity contribution in [1.82, 2.24) is 9.13 Å². The Kier molecular flexibility index (Phi) is 6.91. The molecule has 2 heterocycles. The largest absolute Gasteiger partial charge is 0.309 e. The predicted octanol–water partition coefficient (Wildman–Crippen LogP) is 10.7. The predicted molar refractivity (Wildman–Crippen MR) is 205 cm³/mol. The van der Waals surface area contributed by atoms with E-state index in [1.54, 1.807) is 36.4 Å². The van der Waals surface area contributed by atoms with Crippen LogP contribution in [-0.2, 0) is 0 Å². The van der Waals surface area contributed by atoms with Crippen LogP contribution >= 0.6 is 0 Å². The Hall–Kier alpha value is -7.90. The van der Waals surface area contributed by atoms with Gasteiger partial charge in [-0.15, -0.1) is 0 Å². The molecule has 0 N–H and O–H groups in total. The molecule has 0 saturated heterocycles. The Labute approximate surface area is 298 Å². The van der Waals surface area contributed by atoms with Gasteiger partial charge < -0.3 is 9.13 Å². The third-order valence-electron chi connectivity index (χ3n) is 9.89. The normalized spacial score (nSPS) is 11.0. The van der Waals surface area contributed by atoms with Gasteiger partial charge in [-0.2, -0.15) is 21.0 Å². The average molecular weight is 661 g/mol. The quantitative estimate of drug-likeness (QED) is 0.187. The van der Waals surface area contributed by atoms with E-state index in [9.17, 15) is 21.0 Å². The summed E-state index contributed by atoms with van der Waals surface area (Å²) in [7, 11) is 0. The average Bonchev–Trinajstić information content (AvgIpc) is 3.72. The second kappa shape index (κ2) is 11.9. The van der Waals surface area contributed by atoms with Crippen LogP contribution < -0.4 is 0 Å². The van der Waals surface area contributed by atoms with Gasteiger partial charge in [-0.3, -0.25) is 0 Å². The first kappa shape index (κ1) is 30.2. The van der Waals surface area contributed by atoms with Gasteiger partial charge in [0.25, 0.3) is 0 Å². The van der Waals surface area contributed by atoms with Gasteiger partial charge in [0.15, 0.2) is 0 Å². The molecular formula is C46H24N6. The van der Waals surface area contributed by atoms with Crippen molar-refractivity contribution in [2.24, 2.45) is 0 Å². The summed E-state index contributed by atoms with van der Waals surface area (Å²) >= 11 is 0. The summed E-state index contributed by atoms with van der Waals surface area (Å²) in [5.74, 6) is 0. The second-order valence-corrected chi connectivity index (χ2v) is 12.6. The highest BCUT2D eigenvalue weighted by Gasteiger charge is 2.22.